The van der Waals surface area contributed by atoms with Gasteiger partial charge in [0.2, 0.25) is 5.88 Å². The number of nitrogens with zero attached hydrogens (tertiary/aromatic N) is 2. The van der Waals surface area contributed by atoms with Crippen molar-refractivity contribution in [3.63, 3.8) is 0 Å². The Labute approximate surface area is 117 Å². The van der Waals surface area contributed by atoms with Crippen LogP contribution in [0.3, 0.4) is 0 Å². The average molecular weight is 265 g/mol. The molecule has 1 aromatic heterocycles. The molecule has 0 amide bonds. The van der Waals surface area contributed by atoms with Crippen LogP contribution < -0.4 is 10.1 Å². The summed E-state index contributed by atoms with van der Waals surface area (Å²) in [7, 11) is 0. The summed E-state index contributed by atoms with van der Waals surface area (Å²) in [5.41, 5.74) is -0.0858. The molecular weight excluding hydrogens is 238 g/mol. The van der Waals surface area contributed by atoms with Crippen LogP contribution >= 0.6 is 0 Å². The van der Waals surface area contributed by atoms with Crippen LogP contribution in [0, 0.1) is 0 Å². The molecule has 0 atom stereocenters. The molecule has 19 heavy (non-hydrogen) atoms. The van der Waals surface area contributed by atoms with E-state index in [1.807, 2.05) is 6.07 Å². The van der Waals surface area contributed by atoms with Crippen molar-refractivity contribution in [2.24, 2.45) is 0 Å². The van der Waals surface area contributed by atoms with Gasteiger partial charge in [-0.15, -0.1) is 0 Å². The first kappa shape index (κ1) is 15.7. The Bertz CT molecular complexity index is 397. The summed E-state index contributed by atoms with van der Waals surface area (Å²) in [5.74, 6) is 2.31. The van der Waals surface area contributed by atoms with Crippen LogP contribution in [0.25, 0.3) is 0 Å². The maximum absolute atomic E-state index is 5.71. The Morgan fingerprint density at radius 3 is 2.47 bits per heavy atom. The molecule has 1 heterocycles. The molecule has 0 unspecified atom stereocenters. The van der Waals surface area contributed by atoms with E-state index in [0.29, 0.717) is 18.5 Å². The van der Waals surface area contributed by atoms with Crippen LogP contribution in [0.5, 0.6) is 5.88 Å². The zero-order valence-electron chi connectivity index (χ0n) is 13.1. The average Bonchev–Trinajstić information content (AvgIpc) is 2.27. The number of rotatable bonds is 6. The Morgan fingerprint density at radius 2 is 1.95 bits per heavy atom. The molecule has 0 aliphatic carbocycles. The van der Waals surface area contributed by atoms with Crippen molar-refractivity contribution in [3.8, 4) is 5.88 Å². The summed E-state index contributed by atoms with van der Waals surface area (Å²) in [5, 5.41) is 3.32. The van der Waals surface area contributed by atoms with Crippen LogP contribution in [0.15, 0.2) is 6.07 Å². The highest BCUT2D eigenvalue weighted by molar-refractivity contribution is 5.40. The van der Waals surface area contributed by atoms with E-state index < -0.39 is 0 Å². The summed E-state index contributed by atoms with van der Waals surface area (Å²) >= 11 is 0. The van der Waals surface area contributed by atoms with Gasteiger partial charge in [0.15, 0.2) is 0 Å². The second-order valence-corrected chi connectivity index (χ2v) is 6.17. The Hall–Kier alpha value is -1.32. The highest BCUT2D eigenvalue weighted by atomic mass is 16.5. The maximum atomic E-state index is 5.71. The third-order valence-electron chi connectivity index (χ3n) is 2.56. The van der Waals surface area contributed by atoms with Gasteiger partial charge in [-0.1, -0.05) is 34.1 Å². The summed E-state index contributed by atoms with van der Waals surface area (Å²) in [6.45, 7) is 13.4. The maximum Gasteiger partial charge on any atom is 0.218 e. The lowest BCUT2D eigenvalue weighted by Crippen LogP contribution is -2.19. The van der Waals surface area contributed by atoms with Crippen molar-refractivity contribution in [3.05, 3.63) is 11.9 Å². The fourth-order valence-electron chi connectivity index (χ4n) is 1.53. The molecule has 0 aliphatic rings. The monoisotopic (exact) mass is 265 g/mol. The van der Waals surface area contributed by atoms with Crippen molar-refractivity contribution in [1.29, 1.82) is 0 Å². The zero-order chi connectivity index (χ0) is 14.5. The molecule has 0 saturated carbocycles. The summed E-state index contributed by atoms with van der Waals surface area (Å²) in [4.78, 5) is 9.08. The van der Waals surface area contributed by atoms with E-state index in [4.69, 9.17) is 4.74 Å². The largest absolute Gasteiger partial charge is 0.478 e. The van der Waals surface area contributed by atoms with Gasteiger partial charge in [0.1, 0.15) is 11.6 Å². The topological polar surface area (TPSA) is 47.0 Å². The molecule has 0 bridgehead atoms. The molecule has 4 nitrogen and oxygen atoms in total. The minimum absolute atomic E-state index is 0.0858. The normalized spacial score (nSPS) is 11.7. The summed E-state index contributed by atoms with van der Waals surface area (Å²) in [6, 6.07) is 2.22. The van der Waals surface area contributed by atoms with Gasteiger partial charge in [0.05, 0.1) is 6.61 Å². The van der Waals surface area contributed by atoms with Crippen LogP contribution in [-0.4, -0.2) is 22.6 Å². The van der Waals surface area contributed by atoms with Gasteiger partial charge in [-0.25, -0.2) is 4.98 Å². The van der Waals surface area contributed by atoms with Crippen LogP contribution in [0.1, 0.15) is 60.2 Å². The molecule has 0 saturated heterocycles. The highest BCUT2D eigenvalue weighted by Crippen LogP contribution is 2.23. The summed E-state index contributed by atoms with van der Waals surface area (Å²) in [6.07, 6.45) is 2.16. The lowest BCUT2D eigenvalue weighted by atomic mass is 9.96. The zero-order valence-corrected chi connectivity index (χ0v) is 13.1. The number of anilines is 1. The van der Waals surface area contributed by atoms with Gasteiger partial charge in [-0.2, -0.15) is 4.98 Å². The minimum Gasteiger partial charge on any atom is -0.478 e. The molecule has 0 aromatic carbocycles. The molecule has 0 fully saturated rings. The molecule has 108 valence electrons. The van der Waals surface area contributed by atoms with Gasteiger partial charge in [-0.05, 0) is 20.3 Å². The van der Waals surface area contributed by atoms with Gasteiger partial charge >= 0.3 is 0 Å². The Balaban J connectivity index is 2.95. The number of hydrogen-bond acceptors (Lipinski definition) is 4. The van der Waals surface area contributed by atoms with Crippen molar-refractivity contribution in [2.75, 3.05) is 11.9 Å². The quantitative estimate of drug-likeness (QED) is 0.795. The van der Waals surface area contributed by atoms with Gasteiger partial charge in [0, 0.05) is 17.5 Å². The van der Waals surface area contributed by atoms with Crippen LogP contribution in [0.4, 0.5) is 5.82 Å². The van der Waals surface area contributed by atoms with Gasteiger partial charge in [0.25, 0.3) is 0 Å². The van der Waals surface area contributed by atoms with E-state index in [-0.39, 0.29) is 5.41 Å². The van der Waals surface area contributed by atoms with Crippen LogP contribution in [0.2, 0.25) is 0 Å². The molecule has 1 rings (SSSR count). The smallest absolute Gasteiger partial charge is 0.218 e. The third-order valence-corrected chi connectivity index (χ3v) is 2.56. The molecule has 4 heteroatoms. The van der Waals surface area contributed by atoms with E-state index in [0.717, 1.165) is 24.5 Å². The first-order chi connectivity index (χ1) is 8.82. The van der Waals surface area contributed by atoms with E-state index in [1.54, 1.807) is 0 Å². The second kappa shape index (κ2) is 6.73. The summed E-state index contributed by atoms with van der Waals surface area (Å²) < 4.78 is 5.71. The Morgan fingerprint density at radius 1 is 1.26 bits per heavy atom. The van der Waals surface area contributed by atoms with Crippen molar-refractivity contribution < 1.29 is 4.74 Å². The van der Waals surface area contributed by atoms with E-state index in [1.165, 1.54) is 0 Å². The van der Waals surface area contributed by atoms with Gasteiger partial charge in [-0.3, -0.25) is 0 Å². The first-order valence-electron chi connectivity index (χ1n) is 7.12. The molecule has 0 spiro atoms. The number of unbranched alkanes of at least 4 members (excludes halogenated alkanes) is 1. The van der Waals surface area contributed by atoms with Crippen molar-refractivity contribution in [2.45, 2.75) is 65.8 Å². The predicted octanol–water partition coefficient (Wildman–Crippen LogP) is 3.77. The molecule has 0 aliphatic heterocycles. The standard InChI is InChI=1S/C15H27N3O/c1-7-8-9-19-13-10-12(16-11(2)3)17-14(18-13)15(4,5)6/h10-11H,7-9H2,1-6H3,(H,16,17,18). The highest BCUT2D eigenvalue weighted by Gasteiger charge is 2.19. The first-order valence-corrected chi connectivity index (χ1v) is 7.12. The van der Waals surface area contributed by atoms with E-state index in [9.17, 15) is 0 Å². The predicted molar refractivity (Wildman–Crippen MR) is 79.9 cm³/mol. The number of ether oxygens (including phenoxy) is 1. The van der Waals surface area contributed by atoms with Crippen LogP contribution in [-0.2, 0) is 5.41 Å². The van der Waals surface area contributed by atoms with E-state index >= 15 is 0 Å². The lowest BCUT2D eigenvalue weighted by molar-refractivity contribution is 0.294. The SMILES string of the molecule is CCCCOc1cc(NC(C)C)nc(C(C)(C)C)n1. The lowest BCUT2D eigenvalue weighted by Gasteiger charge is -2.19. The number of nitrogens with one attached hydrogen (secondary N) is 1. The Kier molecular flexibility index (Phi) is 5.58. The van der Waals surface area contributed by atoms with Crippen molar-refractivity contribution >= 4 is 5.82 Å². The molecule has 1 aromatic rings. The van der Waals surface area contributed by atoms with Crippen molar-refractivity contribution in [1.82, 2.24) is 9.97 Å². The second-order valence-electron chi connectivity index (χ2n) is 6.17. The van der Waals surface area contributed by atoms with E-state index in [2.05, 4.69) is 56.8 Å². The third kappa shape index (κ3) is 5.45. The fourth-order valence-corrected chi connectivity index (χ4v) is 1.53. The molecular formula is C15H27N3O. The molecule has 0 radical (unpaired) electrons. The van der Waals surface area contributed by atoms with Gasteiger partial charge < -0.3 is 10.1 Å². The number of hydrogen-bond donors (Lipinski definition) is 1. The fraction of sp³-hybridized carbons (Fsp3) is 0.733. The molecule has 1 N–H and O–H groups in total. The minimum atomic E-state index is -0.0858. The number of aromatic nitrogens is 2.